The molecule has 0 saturated heterocycles. The van der Waals surface area contributed by atoms with Crippen molar-refractivity contribution in [2.45, 2.75) is 6.18 Å². The summed E-state index contributed by atoms with van der Waals surface area (Å²) in [7, 11) is 0. The van der Waals surface area contributed by atoms with Crippen LogP contribution in [0.4, 0.5) is 18.0 Å². The highest BCUT2D eigenvalue weighted by molar-refractivity contribution is 6.29. The van der Waals surface area contributed by atoms with Crippen LogP contribution in [0.25, 0.3) is 0 Å². The Kier molecular flexibility index (Phi) is 3.86. The minimum absolute atomic E-state index is 0.0167. The number of carbonyl (C=O) groups excluding carboxylic acids is 1. The van der Waals surface area contributed by atoms with Gasteiger partial charge in [0.15, 0.2) is 0 Å². The molecule has 0 aliphatic rings. The van der Waals surface area contributed by atoms with Crippen molar-refractivity contribution in [1.82, 2.24) is 9.55 Å². The largest absolute Gasteiger partial charge is 0.450 e. The topological polar surface area (TPSA) is 67.9 Å². The second-order valence-electron chi connectivity index (χ2n) is 3.76. The van der Waals surface area contributed by atoms with Gasteiger partial charge in [0.05, 0.1) is 17.8 Å². The van der Waals surface area contributed by atoms with E-state index in [4.69, 9.17) is 21.6 Å². The Bertz CT molecular complexity index is 717. The Hall–Kier alpha value is -2.53. The Balaban J connectivity index is 2.26. The van der Waals surface area contributed by atoms with Crippen LogP contribution in [0.3, 0.4) is 0 Å². The first-order chi connectivity index (χ1) is 9.81. The highest BCUT2D eigenvalue weighted by Gasteiger charge is 2.39. The van der Waals surface area contributed by atoms with E-state index in [1.165, 1.54) is 24.3 Å². The van der Waals surface area contributed by atoms with Gasteiger partial charge in [-0.25, -0.2) is 14.3 Å². The molecule has 1 heterocycles. The van der Waals surface area contributed by atoms with Crippen molar-refractivity contribution in [3.05, 3.63) is 47.0 Å². The fraction of sp³-hybridized carbons (Fsp3) is 0.0833. The van der Waals surface area contributed by atoms with Crippen LogP contribution in [0.5, 0.6) is 5.75 Å². The lowest BCUT2D eigenvalue weighted by Gasteiger charge is -2.09. The molecule has 0 bridgehead atoms. The molecular weight excluding hydrogens is 311 g/mol. The summed E-state index contributed by atoms with van der Waals surface area (Å²) in [5, 5.41) is 8.12. The molecule has 2 rings (SSSR count). The van der Waals surface area contributed by atoms with Crippen molar-refractivity contribution < 1.29 is 22.7 Å². The Morgan fingerprint density at radius 2 is 1.95 bits per heavy atom. The lowest BCUT2D eigenvalue weighted by molar-refractivity contribution is -0.146. The van der Waals surface area contributed by atoms with Gasteiger partial charge in [0.1, 0.15) is 10.9 Å². The van der Waals surface area contributed by atoms with Crippen LogP contribution in [0, 0.1) is 11.3 Å². The summed E-state index contributed by atoms with van der Waals surface area (Å²) in [4.78, 5) is 14.8. The number of nitriles is 1. The van der Waals surface area contributed by atoms with E-state index in [9.17, 15) is 18.0 Å². The van der Waals surface area contributed by atoms with E-state index in [0.717, 1.165) is 0 Å². The Labute approximate surface area is 121 Å². The van der Waals surface area contributed by atoms with Crippen LogP contribution in [0.1, 0.15) is 11.4 Å². The van der Waals surface area contributed by atoms with Crippen LogP contribution in [-0.4, -0.2) is 15.6 Å². The summed E-state index contributed by atoms with van der Waals surface area (Å²) in [5.41, 5.74) is 0.316. The monoisotopic (exact) mass is 315 g/mol. The quantitative estimate of drug-likeness (QED) is 0.808. The van der Waals surface area contributed by atoms with Gasteiger partial charge < -0.3 is 4.74 Å². The number of imidazole rings is 1. The fourth-order valence-corrected chi connectivity index (χ4v) is 1.62. The zero-order valence-electron chi connectivity index (χ0n) is 10.1. The Morgan fingerprint density at radius 1 is 1.33 bits per heavy atom. The van der Waals surface area contributed by atoms with Gasteiger partial charge in [0.25, 0.3) is 0 Å². The van der Waals surface area contributed by atoms with Crippen molar-refractivity contribution in [2.24, 2.45) is 0 Å². The molecule has 0 unspecified atom stereocenters. The van der Waals surface area contributed by atoms with Gasteiger partial charge in [0, 0.05) is 0 Å². The minimum Gasteiger partial charge on any atom is -0.410 e. The summed E-state index contributed by atoms with van der Waals surface area (Å²) in [6, 6.07) is 7.12. The average Bonchev–Trinajstić information content (AvgIpc) is 2.82. The smallest absolute Gasteiger partial charge is 0.410 e. The summed E-state index contributed by atoms with van der Waals surface area (Å²) < 4.78 is 43.0. The molecule has 0 atom stereocenters. The molecule has 0 N–H and O–H groups in total. The fourth-order valence-electron chi connectivity index (χ4n) is 1.44. The number of hydrogen-bond acceptors (Lipinski definition) is 4. The SMILES string of the molecule is N#Cc1ccc(OC(=O)n2cc(Cl)nc2C(F)(F)F)cc1. The molecule has 0 saturated carbocycles. The highest BCUT2D eigenvalue weighted by atomic mass is 35.5. The average molecular weight is 316 g/mol. The number of halogens is 4. The first kappa shape index (κ1) is 14.9. The minimum atomic E-state index is -4.85. The van der Waals surface area contributed by atoms with Crippen molar-refractivity contribution in [3.63, 3.8) is 0 Å². The predicted molar refractivity (Wildman–Crippen MR) is 64.8 cm³/mol. The zero-order valence-corrected chi connectivity index (χ0v) is 10.8. The van der Waals surface area contributed by atoms with Crippen LogP contribution >= 0.6 is 11.6 Å². The van der Waals surface area contributed by atoms with Crippen molar-refractivity contribution in [1.29, 1.82) is 5.26 Å². The third kappa shape index (κ3) is 3.32. The van der Waals surface area contributed by atoms with Gasteiger partial charge in [0.2, 0.25) is 5.82 Å². The molecule has 2 aromatic rings. The van der Waals surface area contributed by atoms with E-state index in [-0.39, 0.29) is 10.3 Å². The zero-order chi connectivity index (χ0) is 15.6. The highest BCUT2D eigenvalue weighted by Crippen LogP contribution is 2.29. The lowest BCUT2D eigenvalue weighted by Crippen LogP contribution is -2.23. The normalized spacial score (nSPS) is 11.0. The molecular formula is C12H5ClF3N3O2. The van der Waals surface area contributed by atoms with E-state index in [1.807, 2.05) is 6.07 Å². The van der Waals surface area contributed by atoms with Gasteiger partial charge in [-0.05, 0) is 24.3 Å². The molecule has 108 valence electrons. The summed E-state index contributed by atoms with van der Waals surface area (Å²) >= 11 is 5.38. The van der Waals surface area contributed by atoms with E-state index in [0.29, 0.717) is 11.8 Å². The molecule has 0 aliphatic carbocycles. The number of benzene rings is 1. The van der Waals surface area contributed by atoms with E-state index in [2.05, 4.69) is 4.98 Å². The van der Waals surface area contributed by atoms with Gasteiger partial charge in [-0.15, -0.1) is 0 Å². The van der Waals surface area contributed by atoms with Gasteiger partial charge in [-0.1, -0.05) is 11.6 Å². The molecule has 1 aromatic heterocycles. The standard InChI is InChI=1S/C12H5ClF3N3O2/c13-9-6-19(10(18-9)12(14,15)16)11(20)21-8-3-1-7(5-17)2-4-8/h1-4,6H. The predicted octanol–water partition coefficient (Wildman–Crippen LogP) is 3.47. The molecule has 0 fully saturated rings. The summed E-state index contributed by atoms with van der Waals surface area (Å²) in [6.07, 6.45) is -5.46. The summed E-state index contributed by atoms with van der Waals surface area (Å²) in [6.45, 7) is 0. The Morgan fingerprint density at radius 3 is 2.48 bits per heavy atom. The molecule has 5 nitrogen and oxygen atoms in total. The molecule has 1 aromatic carbocycles. The van der Waals surface area contributed by atoms with Gasteiger partial charge in [-0.3, -0.25) is 0 Å². The van der Waals surface area contributed by atoms with Gasteiger partial charge in [-0.2, -0.15) is 18.4 Å². The van der Waals surface area contributed by atoms with Crippen molar-refractivity contribution in [3.8, 4) is 11.8 Å². The lowest BCUT2D eigenvalue weighted by atomic mass is 10.2. The summed E-state index contributed by atoms with van der Waals surface area (Å²) in [5.74, 6) is -1.50. The maximum absolute atomic E-state index is 12.7. The number of alkyl halides is 3. The number of nitrogens with zero attached hydrogens (tertiary/aromatic N) is 3. The maximum Gasteiger partial charge on any atom is 0.450 e. The molecule has 21 heavy (non-hydrogen) atoms. The third-order valence-electron chi connectivity index (χ3n) is 2.32. The number of rotatable bonds is 1. The molecule has 0 radical (unpaired) electrons. The van der Waals surface area contributed by atoms with E-state index in [1.54, 1.807) is 0 Å². The first-order valence-corrected chi connectivity index (χ1v) is 5.73. The number of carbonyl (C=O) groups is 1. The molecule has 0 spiro atoms. The van der Waals surface area contributed by atoms with Crippen molar-refractivity contribution in [2.75, 3.05) is 0 Å². The number of hydrogen-bond donors (Lipinski definition) is 0. The molecule has 9 heteroatoms. The first-order valence-electron chi connectivity index (χ1n) is 5.35. The number of ether oxygens (including phenoxy) is 1. The maximum atomic E-state index is 12.7. The van der Waals surface area contributed by atoms with Crippen LogP contribution < -0.4 is 4.74 Å². The van der Waals surface area contributed by atoms with Crippen LogP contribution in [0.15, 0.2) is 30.5 Å². The molecule has 0 amide bonds. The van der Waals surface area contributed by atoms with E-state index >= 15 is 0 Å². The third-order valence-corrected chi connectivity index (χ3v) is 2.50. The second kappa shape index (κ2) is 5.46. The van der Waals surface area contributed by atoms with E-state index < -0.39 is 23.2 Å². The van der Waals surface area contributed by atoms with Gasteiger partial charge >= 0.3 is 12.3 Å². The molecule has 0 aliphatic heterocycles. The van der Waals surface area contributed by atoms with Crippen LogP contribution in [-0.2, 0) is 6.18 Å². The van der Waals surface area contributed by atoms with Crippen LogP contribution in [0.2, 0.25) is 5.15 Å². The number of aromatic nitrogens is 2. The van der Waals surface area contributed by atoms with Crippen molar-refractivity contribution >= 4 is 17.7 Å². The second-order valence-corrected chi connectivity index (χ2v) is 4.15.